The predicted molar refractivity (Wildman–Crippen MR) is 72.0 cm³/mol. The maximum absolute atomic E-state index is 5.94. The van der Waals surface area contributed by atoms with Crippen molar-refractivity contribution in [3.8, 4) is 11.4 Å². The van der Waals surface area contributed by atoms with Crippen LogP contribution < -0.4 is 5.32 Å². The molecule has 0 aliphatic carbocycles. The van der Waals surface area contributed by atoms with Crippen molar-refractivity contribution < 1.29 is 4.52 Å². The lowest BCUT2D eigenvalue weighted by atomic mass is 10.2. The van der Waals surface area contributed by atoms with Crippen LogP contribution in [0, 0.1) is 0 Å². The van der Waals surface area contributed by atoms with Crippen molar-refractivity contribution in [2.45, 2.75) is 13.3 Å². The third-order valence-corrected chi connectivity index (χ3v) is 3.15. The Morgan fingerprint density at radius 1 is 1.28 bits per heavy atom. The molecule has 0 saturated heterocycles. The van der Waals surface area contributed by atoms with E-state index in [0.29, 0.717) is 28.2 Å². The fraction of sp³-hybridized carbons (Fsp3) is 0.333. The Labute approximate surface area is 115 Å². The van der Waals surface area contributed by atoms with Crippen molar-refractivity contribution in [3.63, 3.8) is 0 Å². The van der Waals surface area contributed by atoms with Gasteiger partial charge in [0.15, 0.2) is 0 Å². The minimum absolute atomic E-state index is 0.480. The van der Waals surface area contributed by atoms with Gasteiger partial charge in [-0.05, 0) is 24.7 Å². The summed E-state index contributed by atoms with van der Waals surface area (Å²) in [6.07, 6.45) is 0.710. The summed E-state index contributed by atoms with van der Waals surface area (Å²) in [7, 11) is 0. The first-order valence-electron chi connectivity index (χ1n) is 5.69. The van der Waals surface area contributed by atoms with Gasteiger partial charge in [-0.25, -0.2) is 0 Å². The lowest BCUT2D eigenvalue weighted by Crippen LogP contribution is -2.16. The maximum Gasteiger partial charge on any atom is 0.228 e. The van der Waals surface area contributed by atoms with Crippen molar-refractivity contribution in [1.82, 2.24) is 15.5 Å². The first-order chi connectivity index (χ1) is 8.70. The van der Waals surface area contributed by atoms with E-state index in [1.165, 1.54) is 0 Å². The summed E-state index contributed by atoms with van der Waals surface area (Å²) < 4.78 is 5.16. The van der Waals surface area contributed by atoms with Crippen LogP contribution >= 0.6 is 23.2 Å². The van der Waals surface area contributed by atoms with Gasteiger partial charge < -0.3 is 9.84 Å². The van der Waals surface area contributed by atoms with E-state index in [-0.39, 0.29) is 0 Å². The van der Waals surface area contributed by atoms with E-state index in [4.69, 9.17) is 27.7 Å². The molecule has 0 amide bonds. The molecule has 2 rings (SSSR count). The van der Waals surface area contributed by atoms with E-state index in [1.54, 1.807) is 12.1 Å². The highest BCUT2D eigenvalue weighted by Gasteiger charge is 2.09. The lowest BCUT2D eigenvalue weighted by Gasteiger charge is -1.97. The largest absolute Gasteiger partial charge is 0.339 e. The molecule has 0 spiro atoms. The standard InChI is InChI=1S/C12H13Cl2N3O/c1-2-15-6-5-11-16-12(17-18-11)8-3-4-9(13)10(14)7-8/h3-4,7,15H,2,5-6H2,1H3. The van der Waals surface area contributed by atoms with Gasteiger partial charge in [0.2, 0.25) is 11.7 Å². The van der Waals surface area contributed by atoms with Crippen LogP contribution in [0.2, 0.25) is 10.0 Å². The van der Waals surface area contributed by atoms with Gasteiger partial charge in [0, 0.05) is 18.5 Å². The van der Waals surface area contributed by atoms with Gasteiger partial charge in [-0.2, -0.15) is 4.98 Å². The van der Waals surface area contributed by atoms with Crippen molar-refractivity contribution in [2.24, 2.45) is 0 Å². The van der Waals surface area contributed by atoms with E-state index in [1.807, 2.05) is 6.07 Å². The summed E-state index contributed by atoms with van der Waals surface area (Å²) in [5.74, 6) is 1.14. The molecule has 0 saturated carbocycles. The third-order valence-electron chi connectivity index (χ3n) is 2.41. The highest BCUT2D eigenvalue weighted by Crippen LogP contribution is 2.26. The molecule has 1 aromatic carbocycles. The summed E-state index contributed by atoms with van der Waals surface area (Å²) in [6, 6.07) is 5.25. The van der Waals surface area contributed by atoms with Crippen molar-refractivity contribution in [2.75, 3.05) is 13.1 Å². The molecule has 4 nitrogen and oxygen atoms in total. The Morgan fingerprint density at radius 3 is 2.83 bits per heavy atom. The molecule has 0 aliphatic heterocycles. The Balaban J connectivity index is 2.11. The van der Waals surface area contributed by atoms with Crippen molar-refractivity contribution in [1.29, 1.82) is 0 Å². The van der Waals surface area contributed by atoms with Gasteiger partial charge in [-0.3, -0.25) is 0 Å². The number of benzene rings is 1. The number of rotatable bonds is 5. The molecule has 1 N–H and O–H groups in total. The summed E-state index contributed by atoms with van der Waals surface area (Å²) in [5.41, 5.74) is 0.794. The quantitative estimate of drug-likeness (QED) is 0.858. The van der Waals surface area contributed by atoms with Gasteiger partial charge in [0.05, 0.1) is 10.0 Å². The second-order valence-corrected chi connectivity index (χ2v) is 4.56. The van der Waals surface area contributed by atoms with Crippen LogP contribution in [0.4, 0.5) is 0 Å². The van der Waals surface area contributed by atoms with Gasteiger partial charge >= 0.3 is 0 Å². The number of aromatic nitrogens is 2. The zero-order valence-corrected chi connectivity index (χ0v) is 11.4. The van der Waals surface area contributed by atoms with Gasteiger partial charge in [0.25, 0.3) is 0 Å². The van der Waals surface area contributed by atoms with E-state index in [9.17, 15) is 0 Å². The minimum Gasteiger partial charge on any atom is -0.339 e. The summed E-state index contributed by atoms with van der Waals surface area (Å²) in [5, 5.41) is 8.11. The van der Waals surface area contributed by atoms with E-state index in [2.05, 4.69) is 22.4 Å². The number of hydrogen-bond acceptors (Lipinski definition) is 4. The highest BCUT2D eigenvalue weighted by atomic mass is 35.5. The third kappa shape index (κ3) is 3.22. The molecule has 0 atom stereocenters. The molecular formula is C12H13Cl2N3O. The molecule has 0 bridgehead atoms. The number of halogens is 2. The van der Waals surface area contributed by atoms with Crippen LogP contribution in [0.3, 0.4) is 0 Å². The molecule has 0 unspecified atom stereocenters. The fourth-order valence-electron chi connectivity index (χ4n) is 1.48. The minimum atomic E-state index is 0.480. The molecule has 6 heteroatoms. The Hall–Kier alpha value is -1.10. The molecule has 0 radical (unpaired) electrons. The topological polar surface area (TPSA) is 51.0 Å². The average Bonchev–Trinajstić information content (AvgIpc) is 2.82. The molecule has 1 aromatic heterocycles. The van der Waals surface area contributed by atoms with Gasteiger partial charge in [-0.1, -0.05) is 35.3 Å². The average molecular weight is 286 g/mol. The van der Waals surface area contributed by atoms with Crippen LogP contribution in [-0.4, -0.2) is 23.2 Å². The first kappa shape index (κ1) is 13.3. The molecule has 96 valence electrons. The molecule has 2 aromatic rings. The predicted octanol–water partition coefficient (Wildman–Crippen LogP) is 3.20. The Bertz CT molecular complexity index is 528. The lowest BCUT2D eigenvalue weighted by molar-refractivity contribution is 0.377. The van der Waals surface area contributed by atoms with Crippen LogP contribution in [0.15, 0.2) is 22.7 Å². The molecular weight excluding hydrogens is 273 g/mol. The fourth-order valence-corrected chi connectivity index (χ4v) is 1.78. The Kier molecular flexibility index (Phi) is 4.58. The maximum atomic E-state index is 5.94. The van der Waals surface area contributed by atoms with Crippen LogP contribution in [0.1, 0.15) is 12.8 Å². The molecule has 1 heterocycles. The van der Waals surface area contributed by atoms with Crippen molar-refractivity contribution >= 4 is 23.2 Å². The van der Waals surface area contributed by atoms with E-state index in [0.717, 1.165) is 18.7 Å². The number of nitrogens with one attached hydrogen (secondary N) is 1. The zero-order valence-electron chi connectivity index (χ0n) is 9.91. The monoisotopic (exact) mass is 285 g/mol. The van der Waals surface area contributed by atoms with Crippen molar-refractivity contribution in [3.05, 3.63) is 34.1 Å². The smallest absolute Gasteiger partial charge is 0.228 e. The summed E-state index contributed by atoms with van der Waals surface area (Å²) in [6.45, 7) is 3.79. The van der Waals surface area contributed by atoms with Gasteiger partial charge in [0.1, 0.15) is 0 Å². The van der Waals surface area contributed by atoms with E-state index >= 15 is 0 Å². The van der Waals surface area contributed by atoms with E-state index < -0.39 is 0 Å². The normalized spacial score (nSPS) is 10.8. The van der Waals surface area contributed by atoms with Crippen LogP contribution in [0.5, 0.6) is 0 Å². The van der Waals surface area contributed by atoms with Gasteiger partial charge in [-0.15, -0.1) is 0 Å². The highest BCUT2D eigenvalue weighted by molar-refractivity contribution is 6.42. The summed E-state index contributed by atoms with van der Waals surface area (Å²) >= 11 is 11.8. The first-order valence-corrected chi connectivity index (χ1v) is 6.45. The zero-order chi connectivity index (χ0) is 13.0. The van der Waals surface area contributed by atoms with Crippen LogP contribution in [-0.2, 0) is 6.42 Å². The SMILES string of the molecule is CCNCCc1nc(-c2ccc(Cl)c(Cl)c2)no1. The summed E-state index contributed by atoms with van der Waals surface area (Å²) in [4.78, 5) is 4.30. The molecule has 18 heavy (non-hydrogen) atoms. The number of nitrogens with zero attached hydrogens (tertiary/aromatic N) is 2. The van der Waals surface area contributed by atoms with Crippen LogP contribution in [0.25, 0.3) is 11.4 Å². The Morgan fingerprint density at radius 2 is 2.11 bits per heavy atom. The number of hydrogen-bond donors (Lipinski definition) is 1. The number of likely N-dealkylation sites (N-methyl/N-ethyl adjacent to an activating group) is 1. The second kappa shape index (κ2) is 6.18. The second-order valence-electron chi connectivity index (χ2n) is 3.74. The molecule has 0 aliphatic rings. The molecule has 0 fully saturated rings.